The van der Waals surface area contributed by atoms with Crippen LogP contribution in [-0.4, -0.2) is 25.8 Å². The number of allylic oxidation sites excluding steroid dienone is 2. The second kappa shape index (κ2) is 11.4. The van der Waals surface area contributed by atoms with Crippen molar-refractivity contribution in [1.29, 1.82) is 0 Å². The van der Waals surface area contributed by atoms with Crippen LogP contribution in [0.25, 0.3) is 33.1 Å². The predicted octanol–water partition coefficient (Wildman–Crippen LogP) is 7.35. The van der Waals surface area contributed by atoms with Crippen molar-refractivity contribution >= 4 is 27.5 Å². The topological polar surface area (TPSA) is 76.0 Å². The molecule has 1 N–H and O–H groups in total. The van der Waals surface area contributed by atoms with Crippen molar-refractivity contribution < 1.29 is 30.0 Å². The van der Waals surface area contributed by atoms with Crippen molar-refractivity contribution in [3.05, 3.63) is 78.0 Å². The fraction of sp³-hybridized carbons (Fsp3) is 0.333. The van der Waals surface area contributed by atoms with E-state index in [9.17, 15) is 9.90 Å². The van der Waals surface area contributed by atoms with E-state index in [0.717, 1.165) is 44.5 Å². The van der Waals surface area contributed by atoms with Crippen LogP contribution in [0, 0.1) is 30.7 Å². The second-order valence-electron chi connectivity index (χ2n) is 10.8. The van der Waals surface area contributed by atoms with Crippen LogP contribution in [-0.2, 0) is 24.9 Å². The van der Waals surface area contributed by atoms with E-state index in [1.165, 1.54) is 6.08 Å². The summed E-state index contributed by atoms with van der Waals surface area (Å²) in [6.07, 6.45) is 3.16. The van der Waals surface area contributed by atoms with Gasteiger partial charge in [0.2, 0.25) is 0 Å². The Morgan fingerprint density at radius 1 is 0.833 bits per heavy atom. The minimum atomic E-state index is -0.417. The first-order chi connectivity index (χ1) is 16.3. The molecule has 0 bridgehead atoms. The predicted molar refractivity (Wildman–Crippen MR) is 143 cm³/mol. The Labute approximate surface area is 227 Å². The van der Waals surface area contributed by atoms with Crippen molar-refractivity contribution in [3.63, 3.8) is 0 Å². The molecule has 1 aromatic carbocycles. The van der Waals surface area contributed by atoms with E-state index >= 15 is 0 Å². The van der Waals surface area contributed by atoms with Gasteiger partial charge in [-0.1, -0.05) is 53.7 Å². The molecule has 0 saturated carbocycles. The van der Waals surface area contributed by atoms with Crippen LogP contribution >= 0.6 is 0 Å². The first-order valence-corrected chi connectivity index (χ1v) is 11.7. The van der Waals surface area contributed by atoms with Crippen LogP contribution in [0.2, 0.25) is 0 Å². The summed E-state index contributed by atoms with van der Waals surface area (Å²) in [5.74, 6) is 0.104. The molecular formula is C30H34IrN3O2-. The third-order valence-corrected chi connectivity index (χ3v) is 5.58. The van der Waals surface area contributed by atoms with Gasteiger partial charge in [0.25, 0.3) is 0 Å². The minimum absolute atomic E-state index is 0. The number of aliphatic hydroxyl groups is 1. The van der Waals surface area contributed by atoms with E-state index < -0.39 is 5.41 Å². The van der Waals surface area contributed by atoms with Gasteiger partial charge in [-0.25, -0.2) is 0 Å². The minimum Gasteiger partial charge on any atom is -0.512 e. The first-order valence-electron chi connectivity index (χ1n) is 11.7. The molecule has 0 saturated heterocycles. The number of pyridine rings is 3. The molecule has 4 rings (SSSR count). The molecule has 3 aromatic heterocycles. The van der Waals surface area contributed by atoms with Crippen LogP contribution in [0.5, 0.6) is 0 Å². The summed E-state index contributed by atoms with van der Waals surface area (Å²) in [5.41, 5.74) is 3.88. The Kier molecular flexibility index (Phi) is 9.28. The molecule has 0 amide bonds. The number of carbonyl (C=O) groups excluding carboxylic acids is 1. The average molecular weight is 661 g/mol. The molecule has 1 radical (unpaired) electrons. The van der Waals surface area contributed by atoms with Crippen LogP contribution < -0.4 is 0 Å². The van der Waals surface area contributed by atoms with Gasteiger partial charge in [-0.3, -0.25) is 14.8 Å². The molecule has 0 spiro atoms. The number of carbonyl (C=O) groups is 1. The van der Waals surface area contributed by atoms with Crippen LogP contribution in [0.1, 0.15) is 52.9 Å². The maximum atomic E-state index is 11.5. The van der Waals surface area contributed by atoms with Gasteiger partial charge in [0.05, 0.1) is 5.52 Å². The van der Waals surface area contributed by atoms with Gasteiger partial charge < -0.3 is 10.1 Å². The molecule has 6 heteroatoms. The summed E-state index contributed by atoms with van der Waals surface area (Å²) in [6.45, 7) is 15.1. The maximum absolute atomic E-state index is 11.5. The smallest absolute Gasteiger partial charge is 0.164 e. The zero-order valence-electron chi connectivity index (χ0n) is 22.2. The maximum Gasteiger partial charge on any atom is 0.164 e. The van der Waals surface area contributed by atoms with Gasteiger partial charge in [-0.05, 0) is 59.9 Å². The van der Waals surface area contributed by atoms with Crippen LogP contribution in [0.3, 0.4) is 0 Å². The number of rotatable bonds is 2. The molecule has 0 aliphatic heterocycles. The molecule has 3 heterocycles. The molecule has 0 fully saturated rings. The number of fused-ring (bicyclic) bond motifs is 3. The molecule has 36 heavy (non-hydrogen) atoms. The standard InChI is InChI=1S/C19H14N3.C11H20O2.Ir/c1-12-4-3-5-18(22-12)19-16-8-9-17-15(7-6-13(2)21-17)14(16)10-11-20-19;1-10(2,3)8(12)7-9(13)11(4,5)6;/h3-4,6-11H,1-2H3;7,12H,1-6H3;/q-1;;/b;8-7-;. The molecule has 4 aromatic rings. The number of aliphatic hydroxyl groups excluding tert-OH is 1. The first kappa shape index (κ1) is 29.3. The Morgan fingerprint density at radius 3 is 2.08 bits per heavy atom. The molecular weight excluding hydrogens is 627 g/mol. The zero-order valence-corrected chi connectivity index (χ0v) is 24.6. The Morgan fingerprint density at radius 2 is 1.47 bits per heavy atom. The molecule has 0 atom stereocenters. The van der Waals surface area contributed by atoms with Crippen molar-refractivity contribution in [1.82, 2.24) is 15.0 Å². The fourth-order valence-corrected chi connectivity index (χ4v) is 3.32. The van der Waals surface area contributed by atoms with Gasteiger partial charge in [0.15, 0.2) is 5.78 Å². The van der Waals surface area contributed by atoms with Gasteiger partial charge in [0.1, 0.15) is 5.76 Å². The monoisotopic (exact) mass is 661 g/mol. The number of nitrogens with zero attached hydrogens (tertiary/aromatic N) is 3. The summed E-state index contributed by atoms with van der Waals surface area (Å²) in [6, 6.07) is 17.3. The molecule has 0 aliphatic rings. The largest absolute Gasteiger partial charge is 0.512 e. The third kappa shape index (κ3) is 7.05. The summed E-state index contributed by atoms with van der Waals surface area (Å²) in [4.78, 5) is 25.2. The number of ketones is 1. The number of hydrogen-bond acceptors (Lipinski definition) is 5. The van der Waals surface area contributed by atoms with Gasteiger partial charge >= 0.3 is 0 Å². The molecule has 5 nitrogen and oxygen atoms in total. The third-order valence-electron chi connectivity index (χ3n) is 5.58. The normalized spacial score (nSPS) is 12.1. The summed E-state index contributed by atoms with van der Waals surface area (Å²) >= 11 is 0. The van der Waals surface area contributed by atoms with E-state index in [2.05, 4.69) is 33.2 Å². The van der Waals surface area contributed by atoms with Crippen molar-refractivity contribution in [2.45, 2.75) is 55.4 Å². The Hall–Kier alpha value is -2.95. The fourth-order valence-electron chi connectivity index (χ4n) is 3.32. The van der Waals surface area contributed by atoms with Crippen molar-refractivity contribution in [2.75, 3.05) is 0 Å². The van der Waals surface area contributed by atoms with Gasteiger partial charge in [-0.15, -0.1) is 6.07 Å². The quantitative estimate of drug-likeness (QED) is 0.105. The SMILES string of the molecule is CC(C)(C)C(=O)/C=C(\O)C(C)(C)C.Cc1cc[c-]c(-c2nccc3c2ccc2nc(C)ccc23)n1.[Ir]. The van der Waals surface area contributed by atoms with Crippen molar-refractivity contribution in [2.24, 2.45) is 10.8 Å². The van der Waals surface area contributed by atoms with E-state index in [-0.39, 0.29) is 37.1 Å². The Bertz CT molecular complexity index is 1410. The van der Waals surface area contributed by atoms with Crippen LogP contribution in [0.15, 0.2) is 60.5 Å². The second-order valence-corrected chi connectivity index (χ2v) is 10.8. The van der Waals surface area contributed by atoms with Gasteiger partial charge in [-0.2, -0.15) is 12.1 Å². The summed E-state index contributed by atoms with van der Waals surface area (Å²) in [5, 5.41) is 12.9. The number of benzene rings is 1. The van der Waals surface area contributed by atoms with E-state index in [4.69, 9.17) is 0 Å². The number of aryl methyl sites for hydroxylation is 2. The van der Waals surface area contributed by atoms with E-state index in [0.29, 0.717) is 0 Å². The van der Waals surface area contributed by atoms with Crippen LogP contribution in [0.4, 0.5) is 0 Å². The van der Waals surface area contributed by atoms with Gasteiger partial charge in [0, 0.05) is 54.3 Å². The van der Waals surface area contributed by atoms with E-state index in [1.54, 1.807) is 0 Å². The van der Waals surface area contributed by atoms with Crippen molar-refractivity contribution in [3.8, 4) is 11.4 Å². The average Bonchev–Trinajstić information content (AvgIpc) is 2.77. The molecule has 0 aliphatic carbocycles. The summed E-state index contributed by atoms with van der Waals surface area (Å²) in [7, 11) is 0. The number of hydrogen-bond donors (Lipinski definition) is 1. The molecule has 0 unspecified atom stereocenters. The number of aromatic nitrogens is 3. The summed E-state index contributed by atoms with van der Waals surface area (Å²) < 4.78 is 0. The van der Waals surface area contributed by atoms with E-state index in [1.807, 2.05) is 91.9 Å². The Balaban J connectivity index is 0.000000285. The zero-order chi connectivity index (χ0) is 26.0. The molecule has 191 valence electrons.